The summed E-state index contributed by atoms with van der Waals surface area (Å²) in [7, 11) is 6.55. The van der Waals surface area contributed by atoms with Gasteiger partial charge in [0.05, 0.1) is 41.2 Å². The predicted molar refractivity (Wildman–Crippen MR) is 235 cm³/mol. The number of methoxy groups -OCH3 is 3. The number of rotatable bonds is 28. The fourth-order valence-electron chi connectivity index (χ4n) is 3.05. The molecule has 0 aromatic carbocycles. The Morgan fingerprint density at radius 2 is 0.641 bits per heavy atom. The molecule has 4 N–H and O–H groups in total. The summed E-state index contributed by atoms with van der Waals surface area (Å²) in [5, 5.41) is 38.4. The van der Waals surface area contributed by atoms with Crippen LogP contribution in [0, 0.1) is 0 Å². The number of carboxylic acid groups (broad SMARTS) is 2. The number of aliphatic carboxylic acids is 2. The molecular weight excluding hydrogens is 863 g/mol. The van der Waals surface area contributed by atoms with Crippen LogP contribution in [0.1, 0.15) is 120 Å². The van der Waals surface area contributed by atoms with Crippen LogP contribution in [0.15, 0.2) is 0 Å². The Morgan fingerprint density at radius 1 is 0.422 bits per heavy atom. The van der Waals surface area contributed by atoms with Crippen molar-refractivity contribution in [2.24, 2.45) is 0 Å². The van der Waals surface area contributed by atoms with Crippen LogP contribution in [-0.4, -0.2) is 178 Å². The van der Waals surface area contributed by atoms with E-state index >= 15 is 0 Å². The fourth-order valence-corrected chi connectivity index (χ4v) is 3.05. The number of hydrogen-bond donors (Lipinski definition) is 4. The molecule has 64 heavy (non-hydrogen) atoms. The van der Waals surface area contributed by atoms with Gasteiger partial charge in [-0.3, -0.25) is 0 Å². The van der Waals surface area contributed by atoms with Crippen molar-refractivity contribution in [1.29, 1.82) is 0 Å². The van der Waals surface area contributed by atoms with E-state index in [0.29, 0.717) is 52.9 Å². The van der Waals surface area contributed by atoms with E-state index < -0.39 is 30.4 Å². The minimum absolute atomic E-state index is 0. The molecular formula is C42H89NaO21. The molecule has 0 saturated heterocycles. The molecule has 0 spiro atoms. The monoisotopic (exact) mass is 953 g/mol. The van der Waals surface area contributed by atoms with Crippen molar-refractivity contribution < 1.29 is 131 Å². The van der Waals surface area contributed by atoms with Crippen LogP contribution in [0.2, 0.25) is 0 Å². The number of unbranched alkanes of at least 4 members (excludes halogenated alkanes) is 5. The first kappa shape index (κ1) is 81.6. The number of aliphatic hydroxyl groups is 2. The van der Waals surface area contributed by atoms with Gasteiger partial charge in [0.15, 0.2) is 0 Å². The van der Waals surface area contributed by atoms with Crippen LogP contribution in [0.5, 0.6) is 0 Å². The van der Waals surface area contributed by atoms with E-state index in [-0.39, 0.29) is 61.1 Å². The molecule has 0 radical (unpaired) electrons. The van der Waals surface area contributed by atoms with Gasteiger partial charge in [-0.05, 0) is 52.9 Å². The molecule has 3 unspecified atom stereocenters. The minimum Gasteiger partial charge on any atom is -0.857 e. The molecule has 0 saturated carbocycles. The van der Waals surface area contributed by atoms with Crippen LogP contribution in [0.4, 0.5) is 14.4 Å². The third kappa shape index (κ3) is 98.3. The van der Waals surface area contributed by atoms with E-state index in [0.717, 1.165) is 85.5 Å². The summed E-state index contributed by atoms with van der Waals surface area (Å²) in [6, 6.07) is 0. The SMILES string of the molecule is CCCCOCC(=O)O.CCCCOCC(=O)O.CCCCOCC(C)OC(=O)OC.CCCCOCC(C)OC(=O)OC(C)COCCCC.CO.CO.COC(=O)OC.C[O-].[Na+]. The summed E-state index contributed by atoms with van der Waals surface area (Å²) in [5.41, 5.74) is 0. The van der Waals surface area contributed by atoms with E-state index in [1.54, 1.807) is 20.8 Å². The van der Waals surface area contributed by atoms with Gasteiger partial charge in [-0.25, -0.2) is 24.0 Å². The molecule has 0 amide bonds. The molecule has 0 bridgehead atoms. The first-order chi connectivity index (χ1) is 30.1. The van der Waals surface area contributed by atoms with Crippen molar-refractivity contribution >= 4 is 30.4 Å². The summed E-state index contributed by atoms with van der Waals surface area (Å²) in [6.45, 7) is 19.8. The molecule has 0 aromatic heterocycles. The maximum absolute atomic E-state index is 11.5. The Kier molecular flexibility index (Phi) is 99.0. The van der Waals surface area contributed by atoms with Gasteiger partial charge in [-0.2, -0.15) is 7.11 Å². The van der Waals surface area contributed by atoms with Crippen molar-refractivity contribution in [3.63, 3.8) is 0 Å². The van der Waals surface area contributed by atoms with Crippen molar-refractivity contribution in [3.8, 4) is 0 Å². The van der Waals surface area contributed by atoms with Gasteiger partial charge in [0.25, 0.3) is 0 Å². The van der Waals surface area contributed by atoms with Crippen LogP contribution >= 0.6 is 0 Å². The third-order valence-corrected chi connectivity index (χ3v) is 6.11. The summed E-state index contributed by atoms with van der Waals surface area (Å²) in [6.07, 6.45) is 7.48. The third-order valence-electron chi connectivity index (χ3n) is 6.11. The number of hydrogen-bond acceptors (Lipinski definition) is 19. The summed E-state index contributed by atoms with van der Waals surface area (Å²) < 4.78 is 52.8. The normalized spacial score (nSPS) is 10.4. The van der Waals surface area contributed by atoms with E-state index in [2.05, 4.69) is 35.0 Å². The number of carbonyl (C=O) groups excluding carboxylic acids is 3. The second-order valence-electron chi connectivity index (χ2n) is 12.0. The smallest absolute Gasteiger partial charge is 0.857 e. The van der Waals surface area contributed by atoms with Gasteiger partial charge in [-0.1, -0.05) is 66.7 Å². The molecule has 0 aliphatic carbocycles. The Labute approximate surface area is 406 Å². The van der Waals surface area contributed by atoms with E-state index in [9.17, 15) is 24.0 Å². The molecule has 3 atom stereocenters. The first-order valence-corrected chi connectivity index (χ1v) is 21.0. The second-order valence-corrected chi connectivity index (χ2v) is 12.0. The average molecular weight is 953 g/mol. The van der Waals surface area contributed by atoms with Gasteiger partial charge >= 0.3 is 60.0 Å². The Morgan fingerprint density at radius 3 is 0.828 bits per heavy atom. The summed E-state index contributed by atoms with van der Waals surface area (Å²) >= 11 is 0. The zero-order valence-corrected chi connectivity index (χ0v) is 44.1. The predicted octanol–water partition coefficient (Wildman–Crippen LogP) is 2.90. The Balaban J connectivity index is -0.0000000858. The van der Waals surface area contributed by atoms with Crippen LogP contribution in [-0.2, 0) is 61.7 Å². The Hall–Kier alpha value is -2.57. The maximum Gasteiger partial charge on any atom is 1.00 e. The second kappa shape index (κ2) is 77.6. The quantitative estimate of drug-likeness (QED) is 0.0379. The van der Waals surface area contributed by atoms with Gasteiger partial charge in [-0.15, -0.1) is 0 Å². The van der Waals surface area contributed by atoms with Gasteiger partial charge in [0, 0.05) is 47.3 Å². The summed E-state index contributed by atoms with van der Waals surface area (Å²) in [4.78, 5) is 51.5. The van der Waals surface area contributed by atoms with E-state index in [1.807, 2.05) is 13.8 Å². The van der Waals surface area contributed by atoms with Gasteiger partial charge in [0.1, 0.15) is 31.5 Å². The number of carbonyl (C=O) groups is 5. The van der Waals surface area contributed by atoms with Crippen LogP contribution in [0.25, 0.3) is 0 Å². The molecule has 0 aromatic rings. The minimum atomic E-state index is -0.897. The van der Waals surface area contributed by atoms with Gasteiger partial charge in [0.2, 0.25) is 0 Å². The largest absolute Gasteiger partial charge is 1.00 e. The topological polar surface area (TPSA) is 291 Å². The van der Waals surface area contributed by atoms with Crippen LogP contribution < -0.4 is 34.7 Å². The molecule has 0 aliphatic rings. The van der Waals surface area contributed by atoms with E-state index in [1.165, 1.54) is 21.3 Å². The van der Waals surface area contributed by atoms with Crippen molar-refractivity contribution in [3.05, 3.63) is 0 Å². The van der Waals surface area contributed by atoms with Gasteiger partial charge < -0.3 is 77.6 Å². The molecule has 21 nitrogen and oxygen atoms in total. The number of aliphatic hydroxyl groups excluding tert-OH is 2. The molecule has 0 rings (SSSR count). The molecule has 0 aliphatic heterocycles. The maximum atomic E-state index is 11.5. The molecule has 0 heterocycles. The first-order valence-electron chi connectivity index (χ1n) is 21.0. The number of ether oxygens (including phenoxy) is 11. The zero-order valence-electron chi connectivity index (χ0n) is 42.1. The average Bonchev–Trinajstić information content (AvgIpc) is 3.28. The molecule has 22 heteroatoms. The zero-order chi connectivity index (χ0) is 50.5. The molecule has 0 fully saturated rings. The summed E-state index contributed by atoms with van der Waals surface area (Å²) in [5.74, 6) is -1.79. The number of carboxylic acids is 2. The fraction of sp³-hybridized carbons (Fsp3) is 0.881. The van der Waals surface area contributed by atoms with Crippen molar-refractivity contribution in [2.75, 3.05) is 109 Å². The molecule has 384 valence electrons. The van der Waals surface area contributed by atoms with Crippen molar-refractivity contribution in [1.82, 2.24) is 0 Å². The van der Waals surface area contributed by atoms with Crippen LogP contribution in [0.3, 0.4) is 0 Å². The standard InChI is InChI=1S/C15H30O5.C9H18O4.2C6H12O3.C3H6O3.2CH4O.CH3O.Na/c1-5-7-9-17-11-13(3)19-15(16)20-14(4)12-18-10-8-6-2;1-4-5-6-12-7-8(2)13-9(10)11-3;2*1-2-3-4-9-5-6(7)8;1-5-3(4)6-2;3*1-2;/h13-14H,5-12H2,1-4H3;8H,4-7H2,1-3H3;2*2-5H2,1H3,(H,7,8);1-2H3;2*2H,1H3;1H3;/q;;;;;;;-1;+1. The Bertz CT molecular complexity index is 853. The van der Waals surface area contributed by atoms with E-state index in [4.69, 9.17) is 63.4 Å². The van der Waals surface area contributed by atoms with Crippen molar-refractivity contribution in [2.45, 2.75) is 138 Å².